The summed E-state index contributed by atoms with van der Waals surface area (Å²) in [6.45, 7) is 3.07. The van der Waals surface area contributed by atoms with Gasteiger partial charge in [0.2, 0.25) is 5.92 Å². The number of ketones is 1. The molecule has 29 heavy (non-hydrogen) atoms. The summed E-state index contributed by atoms with van der Waals surface area (Å²) in [6.07, 6.45) is 3.04. The van der Waals surface area contributed by atoms with Crippen LogP contribution in [0.25, 0.3) is 5.82 Å². The highest BCUT2D eigenvalue weighted by Gasteiger charge is 2.35. The first-order chi connectivity index (χ1) is 13.8. The van der Waals surface area contributed by atoms with Gasteiger partial charge < -0.3 is 5.32 Å². The average Bonchev–Trinajstić information content (AvgIpc) is 3.17. The minimum Gasteiger partial charge on any atom is -0.367 e. The second-order valence-corrected chi connectivity index (χ2v) is 8.00. The number of aromatic nitrogens is 3. The lowest BCUT2D eigenvalue weighted by Crippen LogP contribution is -2.32. The van der Waals surface area contributed by atoms with Crippen molar-refractivity contribution in [3.05, 3.63) is 35.7 Å². The van der Waals surface area contributed by atoms with Crippen molar-refractivity contribution in [1.82, 2.24) is 14.8 Å². The third-order valence-corrected chi connectivity index (χ3v) is 5.26. The molecule has 1 saturated carbocycles. The molecule has 8 heteroatoms. The van der Waals surface area contributed by atoms with E-state index in [1.165, 1.54) is 4.68 Å². The molecule has 0 amide bonds. The van der Waals surface area contributed by atoms with Crippen LogP contribution in [0.15, 0.2) is 24.4 Å². The fourth-order valence-corrected chi connectivity index (χ4v) is 3.42. The van der Waals surface area contributed by atoms with Crippen LogP contribution in [-0.2, 0) is 17.9 Å². The molecular formula is C21H27F3N4O. The normalized spacial score (nSPS) is 16.9. The summed E-state index contributed by atoms with van der Waals surface area (Å²) in [5.41, 5.74) is 1.20. The number of carbonyl (C=O) groups excluding carboxylic acids is 1. The second-order valence-electron chi connectivity index (χ2n) is 8.00. The molecule has 2 heterocycles. The first kappa shape index (κ1) is 21.3. The SMILES string of the molecule is CC(C)C(=O)CCc1cc(NC2CCC(F)(F)CC2)nc(-n2ccc(CF)n2)c1. The molecule has 0 atom stereocenters. The number of halogens is 3. The van der Waals surface area contributed by atoms with Crippen LogP contribution in [0.3, 0.4) is 0 Å². The van der Waals surface area contributed by atoms with Gasteiger partial charge in [0.1, 0.15) is 18.3 Å². The van der Waals surface area contributed by atoms with Gasteiger partial charge in [-0.25, -0.2) is 22.8 Å². The van der Waals surface area contributed by atoms with E-state index in [-0.39, 0.29) is 30.6 Å². The molecule has 1 N–H and O–H groups in total. The lowest BCUT2D eigenvalue weighted by molar-refractivity contribution is -0.121. The van der Waals surface area contributed by atoms with E-state index < -0.39 is 12.6 Å². The quantitative estimate of drug-likeness (QED) is 0.676. The fraction of sp³-hybridized carbons (Fsp3) is 0.571. The molecule has 5 nitrogen and oxygen atoms in total. The minimum absolute atomic E-state index is 0.0314. The Hall–Kier alpha value is -2.38. The number of aryl methyl sites for hydroxylation is 1. The van der Waals surface area contributed by atoms with Crippen LogP contribution in [0.5, 0.6) is 0 Å². The third-order valence-electron chi connectivity index (χ3n) is 5.26. The van der Waals surface area contributed by atoms with Gasteiger partial charge in [0.25, 0.3) is 0 Å². The molecule has 1 fully saturated rings. The molecule has 1 aliphatic rings. The number of Topliss-reactive ketones (excluding diaryl/α,β-unsaturated/α-hetero) is 1. The van der Waals surface area contributed by atoms with Gasteiger partial charge >= 0.3 is 0 Å². The molecule has 0 spiro atoms. The minimum atomic E-state index is -2.59. The molecule has 0 aliphatic heterocycles. The Bertz CT molecular complexity index is 840. The molecule has 0 unspecified atom stereocenters. The van der Waals surface area contributed by atoms with Crippen LogP contribution in [-0.4, -0.2) is 32.5 Å². The summed E-state index contributed by atoms with van der Waals surface area (Å²) in [4.78, 5) is 16.6. The number of hydrogen-bond donors (Lipinski definition) is 1. The number of hydrogen-bond acceptors (Lipinski definition) is 4. The van der Waals surface area contributed by atoms with Crippen molar-refractivity contribution in [3.8, 4) is 5.82 Å². The first-order valence-corrected chi connectivity index (χ1v) is 10.0. The Morgan fingerprint density at radius 1 is 1.31 bits per heavy atom. The van der Waals surface area contributed by atoms with Gasteiger partial charge in [-0.3, -0.25) is 4.79 Å². The van der Waals surface area contributed by atoms with Crippen molar-refractivity contribution in [2.24, 2.45) is 5.92 Å². The van der Waals surface area contributed by atoms with E-state index in [0.717, 1.165) is 5.56 Å². The number of pyridine rings is 1. The number of anilines is 1. The highest BCUT2D eigenvalue weighted by atomic mass is 19.3. The second kappa shape index (κ2) is 8.97. The van der Waals surface area contributed by atoms with Crippen molar-refractivity contribution >= 4 is 11.6 Å². The summed E-state index contributed by atoms with van der Waals surface area (Å²) in [6, 6.07) is 5.17. The predicted molar refractivity (Wildman–Crippen MR) is 105 cm³/mol. The fourth-order valence-electron chi connectivity index (χ4n) is 3.42. The van der Waals surface area contributed by atoms with E-state index in [4.69, 9.17) is 0 Å². The molecule has 0 radical (unpaired) electrons. The standard InChI is InChI=1S/C21H27F3N4O/c1-14(2)18(29)4-3-15-11-19(25-16-5-8-21(23,24)9-6-16)26-20(12-15)28-10-7-17(13-22)27-28/h7,10-12,14,16H,3-6,8-9,13H2,1-2H3,(H,25,26). The maximum absolute atomic E-state index is 13.4. The van der Waals surface area contributed by atoms with Crippen molar-refractivity contribution in [2.45, 2.75) is 71.0 Å². The van der Waals surface area contributed by atoms with Gasteiger partial charge in [-0.05, 0) is 43.0 Å². The molecular weight excluding hydrogens is 381 g/mol. The number of nitrogens with zero attached hydrogens (tertiary/aromatic N) is 3. The largest absolute Gasteiger partial charge is 0.367 e. The summed E-state index contributed by atoms with van der Waals surface area (Å²) in [5.74, 6) is -1.39. The highest BCUT2D eigenvalue weighted by molar-refractivity contribution is 5.80. The van der Waals surface area contributed by atoms with E-state index in [1.54, 1.807) is 12.3 Å². The molecule has 2 aromatic heterocycles. The molecule has 3 rings (SSSR count). The summed E-state index contributed by atoms with van der Waals surface area (Å²) in [5, 5.41) is 7.41. The van der Waals surface area contributed by atoms with Crippen molar-refractivity contribution < 1.29 is 18.0 Å². The summed E-state index contributed by atoms with van der Waals surface area (Å²) >= 11 is 0. The topological polar surface area (TPSA) is 59.8 Å². The first-order valence-electron chi connectivity index (χ1n) is 10.0. The van der Waals surface area contributed by atoms with Gasteiger partial charge in [-0.2, -0.15) is 5.10 Å². The van der Waals surface area contributed by atoms with E-state index in [0.29, 0.717) is 43.0 Å². The predicted octanol–water partition coefficient (Wildman–Crippen LogP) is 4.88. The zero-order chi connectivity index (χ0) is 21.0. The summed E-state index contributed by atoms with van der Waals surface area (Å²) < 4.78 is 41.2. The molecule has 1 aliphatic carbocycles. The number of nitrogens with one attached hydrogen (secondary N) is 1. The molecule has 158 valence electrons. The zero-order valence-corrected chi connectivity index (χ0v) is 16.8. The Kier molecular flexibility index (Phi) is 6.59. The highest BCUT2D eigenvalue weighted by Crippen LogP contribution is 2.34. The summed E-state index contributed by atoms with van der Waals surface area (Å²) in [7, 11) is 0. The van der Waals surface area contributed by atoms with E-state index in [9.17, 15) is 18.0 Å². The maximum atomic E-state index is 13.4. The van der Waals surface area contributed by atoms with Crippen molar-refractivity contribution in [3.63, 3.8) is 0 Å². The maximum Gasteiger partial charge on any atom is 0.248 e. The van der Waals surface area contributed by atoms with Crippen molar-refractivity contribution in [2.75, 3.05) is 5.32 Å². The van der Waals surface area contributed by atoms with Crippen LogP contribution >= 0.6 is 0 Å². The van der Waals surface area contributed by atoms with Crippen molar-refractivity contribution in [1.29, 1.82) is 0 Å². The van der Waals surface area contributed by atoms with Crippen LogP contribution in [0.4, 0.5) is 19.0 Å². The van der Waals surface area contributed by atoms with Gasteiger partial charge in [0.05, 0.1) is 5.69 Å². The Labute approximate surface area is 168 Å². The van der Waals surface area contributed by atoms with E-state index in [2.05, 4.69) is 15.4 Å². The van der Waals surface area contributed by atoms with Crippen LogP contribution < -0.4 is 5.32 Å². The lowest BCUT2D eigenvalue weighted by Gasteiger charge is -2.29. The Balaban J connectivity index is 1.81. The monoisotopic (exact) mass is 408 g/mol. The molecule has 2 aromatic rings. The molecule has 0 saturated heterocycles. The van der Waals surface area contributed by atoms with E-state index in [1.807, 2.05) is 26.0 Å². The van der Waals surface area contributed by atoms with Crippen LogP contribution in [0, 0.1) is 5.92 Å². The lowest BCUT2D eigenvalue weighted by atomic mass is 9.92. The molecule has 0 bridgehead atoms. The number of carbonyl (C=O) groups is 1. The van der Waals surface area contributed by atoms with Gasteiger partial charge in [0, 0.05) is 37.4 Å². The van der Waals surface area contributed by atoms with E-state index >= 15 is 0 Å². The Morgan fingerprint density at radius 2 is 2.03 bits per heavy atom. The van der Waals surface area contributed by atoms with Gasteiger partial charge in [0.15, 0.2) is 5.82 Å². The molecule has 0 aromatic carbocycles. The smallest absolute Gasteiger partial charge is 0.248 e. The number of alkyl halides is 3. The Morgan fingerprint density at radius 3 is 2.66 bits per heavy atom. The third kappa shape index (κ3) is 5.81. The number of rotatable bonds is 8. The van der Waals surface area contributed by atoms with Gasteiger partial charge in [-0.1, -0.05) is 13.8 Å². The van der Waals surface area contributed by atoms with Gasteiger partial charge in [-0.15, -0.1) is 0 Å². The van der Waals surface area contributed by atoms with Crippen LogP contribution in [0.1, 0.15) is 57.2 Å². The average molecular weight is 408 g/mol. The zero-order valence-electron chi connectivity index (χ0n) is 16.8. The van der Waals surface area contributed by atoms with Crippen LogP contribution in [0.2, 0.25) is 0 Å².